The quantitative estimate of drug-likeness (QED) is 0.225. The van der Waals surface area contributed by atoms with E-state index in [-0.39, 0.29) is 29.1 Å². The summed E-state index contributed by atoms with van der Waals surface area (Å²) in [5.74, 6) is -0.812. The number of rotatable bonds is 11. The topological polar surface area (TPSA) is 86.8 Å². The smallest absolute Gasteiger partial charge is 0.264 e. The molecule has 2 amide bonds. The van der Waals surface area contributed by atoms with Crippen LogP contribution in [0.3, 0.4) is 0 Å². The predicted molar refractivity (Wildman–Crippen MR) is 178 cm³/mol. The largest absolute Gasteiger partial charge is 0.352 e. The fraction of sp³-hybridized carbons (Fsp3) is 0.394. The van der Waals surface area contributed by atoms with E-state index in [1.54, 1.807) is 42.5 Å². The molecule has 0 spiro atoms. The molecule has 3 aromatic rings. The highest BCUT2D eigenvalue weighted by Crippen LogP contribution is 2.30. The first-order valence-corrected chi connectivity index (χ1v) is 17.4. The van der Waals surface area contributed by atoms with Crippen molar-refractivity contribution in [2.75, 3.05) is 10.8 Å². The third-order valence-electron chi connectivity index (χ3n) is 8.01. The van der Waals surface area contributed by atoms with Crippen molar-refractivity contribution in [3.63, 3.8) is 0 Å². The highest BCUT2D eigenvalue weighted by atomic mass is 35.5. The van der Waals surface area contributed by atoms with Crippen LogP contribution >= 0.6 is 34.8 Å². The summed E-state index contributed by atoms with van der Waals surface area (Å²) < 4.78 is 29.2. The van der Waals surface area contributed by atoms with Gasteiger partial charge in [-0.05, 0) is 80.6 Å². The Kier molecular flexibility index (Phi) is 11.6. The zero-order valence-electron chi connectivity index (χ0n) is 25.2. The van der Waals surface area contributed by atoms with Gasteiger partial charge in [0.1, 0.15) is 12.6 Å². The number of anilines is 1. The molecular formula is C33H38Cl3N3O4S. The summed E-state index contributed by atoms with van der Waals surface area (Å²) in [7, 11) is -4.20. The van der Waals surface area contributed by atoms with Crippen LogP contribution in [0.25, 0.3) is 0 Å². The van der Waals surface area contributed by atoms with Crippen LogP contribution in [-0.4, -0.2) is 43.8 Å². The Hall–Kier alpha value is -2.78. The van der Waals surface area contributed by atoms with Gasteiger partial charge in [0.05, 0.1) is 20.6 Å². The molecule has 1 fully saturated rings. The number of carbonyl (C=O) groups excluding carboxylic acids is 2. The first-order chi connectivity index (χ1) is 20.9. The normalized spacial score (nSPS) is 14.6. The lowest BCUT2D eigenvalue weighted by Crippen LogP contribution is -2.54. The Labute approximate surface area is 275 Å². The lowest BCUT2D eigenvalue weighted by Gasteiger charge is -2.34. The zero-order chi connectivity index (χ0) is 32.0. The fourth-order valence-corrected chi connectivity index (χ4v) is 7.30. The Bertz CT molecular complexity index is 1590. The van der Waals surface area contributed by atoms with E-state index in [0.29, 0.717) is 27.1 Å². The summed E-state index contributed by atoms with van der Waals surface area (Å²) in [4.78, 5) is 29.5. The number of amides is 2. The maximum Gasteiger partial charge on any atom is 0.264 e. The van der Waals surface area contributed by atoms with Crippen LogP contribution < -0.4 is 9.62 Å². The minimum absolute atomic E-state index is 0.0272. The van der Waals surface area contributed by atoms with Crippen molar-refractivity contribution < 1.29 is 18.0 Å². The van der Waals surface area contributed by atoms with Crippen LogP contribution in [0, 0.1) is 13.8 Å². The van der Waals surface area contributed by atoms with Gasteiger partial charge in [-0.15, -0.1) is 0 Å². The summed E-state index contributed by atoms with van der Waals surface area (Å²) in [6, 6.07) is 15.5. The molecule has 7 nitrogen and oxygen atoms in total. The fourth-order valence-electron chi connectivity index (χ4n) is 5.40. The van der Waals surface area contributed by atoms with E-state index in [0.717, 1.165) is 47.5 Å². The van der Waals surface area contributed by atoms with E-state index in [4.69, 9.17) is 34.8 Å². The van der Waals surface area contributed by atoms with Crippen LogP contribution in [0.4, 0.5) is 5.69 Å². The van der Waals surface area contributed by atoms with Crippen molar-refractivity contribution >= 4 is 62.3 Å². The molecule has 4 rings (SSSR count). The molecule has 3 aromatic carbocycles. The minimum atomic E-state index is -4.20. The van der Waals surface area contributed by atoms with Crippen LogP contribution in [0.1, 0.15) is 62.1 Å². The number of benzene rings is 3. The molecule has 1 atom stereocenters. The van der Waals surface area contributed by atoms with Gasteiger partial charge in [0.25, 0.3) is 10.0 Å². The summed E-state index contributed by atoms with van der Waals surface area (Å²) in [5.41, 5.74) is 2.56. The number of halogens is 3. The van der Waals surface area contributed by atoms with Gasteiger partial charge >= 0.3 is 0 Å². The Morgan fingerprint density at radius 3 is 2.18 bits per heavy atom. The Morgan fingerprint density at radius 2 is 1.57 bits per heavy atom. The van der Waals surface area contributed by atoms with Crippen molar-refractivity contribution in [3.8, 4) is 0 Å². The number of hydrogen-bond acceptors (Lipinski definition) is 4. The summed E-state index contributed by atoms with van der Waals surface area (Å²) in [6.07, 6.45) is 5.32. The molecular weight excluding hydrogens is 641 g/mol. The molecule has 0 heterocycles. The molecule has 1 aliphatic carbocycles. The van der Waals surface area contributed by atoms with Crippen molar-refractivity contribution in [1.29, 1.82) is 0 Å². The molecule has 1 N–H and O–H groups in total. The van der Waals surface area contributed by atoms with Crippen LogP contribution in [-0.2, 0) is 26.2 Å². The third-order valence-corrected chi connectivity index (χ3v) is 10.9. The van der Waals surface area contributed by atoms with Gasteiger partial charge in [-0.2, -0.15) is 0 Å². The first kappa shape index (κ1) is 34.1. The SMILES string of the molecule is CCC(C(=O)NC1CCCCC1)N(Cc1ccc(Cl)c(Cl)c1)C(=O)CN(c1ccc(C)c(Cl)c1)S(=O)(=O)c1ccc(C)cc1. The average Bonchev–Trinajstić information content (AvgIpc) is 2.99. The van der Waals surface area contributed by atoms with Gasteiger partial charge < -0.3 is 10.2 Å². The second kappa shape index (κ2) is 15.0. The second-order valence-electron chi connectivity index (χ2n) is 11.3. The van der Waals surface area contributed by atoms with E-state index < -0.39 is 28.5 Å². The van der Waals surface area contributed by atoms with E-state index >= 15 is 0 Å². The molecule has 11 heteroatoms. The van der Waals surface area contributed by atoms with Gasteiger partial charge in [-0.25, -0.2) is 8.42 Å². The molecule has 236 valence electrons. The Balaban J connectivity index is 1.74. The van der Waals surface area contributed by atoms with Crippen molar-refractivity contribution in [2.45, 2.75) is 82.8 Å². The van der Waals surface area contributed by atoms with E-state index in [1.165, 1.54) is 23.1 Å². The molecule has 44 heavy (non-hydrogen) atoms. The summed E-state index contributed by atoms with van der Waals surface area (Å²) >= 11 is 18.9. The minimum Gasteiger partial charge on any atom is -0.352 e. The van der Waals surface area contributed by atoms with Gasteiger partial charge in [-0.1, -0.05) is 90.8 Å². The molecule has 0 aromatic heterocycles. The van der Waals surface area contributed by atoms with Crippen molar-refractivity contribution in [2.24, 2.45) is 0 Å². The monoisotopic (exact) mass is 677 g/mol. The number of aryl methyl sites for hydroxylation is 2. The van der Waals surface area contributed by atoms with Crippen LogP contribution in [0.5, 0.6) is 0 Å². The average molecular weight is 679 g/mol. The number of nitrogens with one attached hydrogen (secondary N) is 1. The molecule has 1 aliphatic rings. The summed E-state index contributed by atoms with van der Waals surface area (Å²) in [6.45, 7) is 4.98. The maximum absolute atomic E-state index is 14.3. The number of sulfonamides is 1. The van der Waals surface area contributed by atoms with Crippen LogP contribution in [0.15, 0.2) is 65.6 Å². The molecule has 1 unspecified atom stereocenters. The molecule has 0 radical (unpaired) electrons. The molecule has 0 saturated heterocycles. The number of carbonyl (C=O) groups is 2. The molecule has 0 aliphatic heterocycles. The highest BCUT2D eigenvalue weighted by molar-refractivity contribution is 7.92. The van der Waals surface area contributed by atoms with Gasteiger partial charge in [0.15, 0.2) is 0 Å². The maximum atomic E-state index is 14.3. The molecule has 1 saturated carbocycles. The van der Waals surface area contributed by atoms with Crippen LogP contribution in [0.2, 0.25) is 15.1 Å². The predicted octanol–water partition coefficient (Wildman–Crippen LogP) is 7.72. The molecule has 0 bridgehead atoms. The highest BCUT2D eigenvalue weighted by Gasteiger charge is 2.34. The van der Waals surface area contributed by atoms with E-state index in [9.17, 15) is 18.0 Å². The third kappa shape index (κ3) is 8.27. The summed E-state index contributed by atoms with van der Waals surface area (Å²) in [5, 5.41) is 4.18. The van der Waals surface area contributed by atoms with Crippen molar-refractivity contribution in [3.05, 3.63) is 92.4 Å². The lowest BCUT2D eigenvalue weighted by molar-refractivity contribution is -0.140. The zero-order valence-corrected chi connectivity index (χ0v) is 28.2. The number of hydrogen-bond donors (Lipinski definition) is 1. The van der Waals surface area contributed by atoms with Gasteiger partial charge in [-0.3, -0.25) is 13.9 Å². The second-order valence-corrected chi connectivity index (χ2v) is 14.4. The number of nitrogens with zero attached hydrogens (tertiary/aromatic N) is 2. The lowest BCUT2D eigenvalue weighted by atomic mass is 9.95. The first-order valence-electron chi connectivity index (χ1n) is 14.8. The van der Waals surface area contributed by atoms with Crippen molar-refractivity contribution in [1.82, 2.24) is 10.2 Å². The standard InChI is InChI=1S/C33H38Cl3N3O4S/c1-4-31(33(41)37-25-8-6-5-7-9-25)38(20-24-13-17-28(34)30(36)18-24)32(40)21-39(26-14-12-23(3)29(35)19-26)44(42,43)27-15-10-22(2)11-16-27/h10-19,25,31H,4-9,20-21H2,1-3H3,(H,37,41). The van der Waals surface area contributed by atoms with E-state index in [2.05, 4.69) is 5.32 Å². The van der Waals surface area contributed by atoms with Gasteiger partial charge in [0, 0.05) is 17.6 Å². The van der Waals surface area contributed by atoms with E-state index in [1.807, 2.05) is 20.8 Å². The van der Waals surface area contributed by atoms with Gasteiger partial charge in [0.2, 0.25) is 11.8 Å². The Morgan fingerprint density at radius 1 is 0.886 bits per heavy atom.